The lowest BCUT2D eigenvalue weighted by atomic mass is 10.2. The first-order valence-corrected chi connectivity index (χ1v) is 6.50. The molecule has 19 heavy (non-hydrogen) atoms. The van der Waals surface area contributed by atoms with Crippen LogP contribution in [-0.4, -0.2) is 42.0 Å². The van der Waals surface area contributed by atoms with Crippen molar-refractivity contribution < 1.29 is 4.79 Å². The van der Waals surface area contributed by atoms with Crippen molar-refractivity contribution in [2.75, 3.05) is 31.1 Å². The topological polar surface area (TPSA) is 60.2 Å². The highest BCUT2D eigenvalue weighted by Gasteiger charge is 2.19. The van der Waals surface area contributed by atoms with E-state index in [-0.39, 0.29) is 5.91 Å². The fourth-order valence-electron chi connectivity index (χ4n) is 2.32. The third-order valence-electron chi connectivity index (χ3n) is 3.38. The Bertz CT molecular complexity index is 521. The van der Waals surface area contributed by atoms with Gasteiger partial charge in [0.15, 0.2) is 0 Å². The van der Waals surface area contributed by atoms with Crippen LogP contribution in [0, 0.1) is 18.3 Å². The van der Waals surface area contributed by atoms with E-state index < -0.39 is 0 Å². The molecule has 1 aromatic rings. The van der Waals surface area contributed by atoms with E-state index >= 15 is 0 Å². The van der Waals surface area contributed by atoms with Crippen molar-refractivity contribution in [3.8, 4) is 6.07 Å². The molecule has 0 aromatic carbocycles. The standard InChI is InChI=1S/C14H18N4O/c1-11-4-5-13(10-15)14(16-11)18-7-3-6-17(8-9-18)12(2)19/h4-5H,3,6-9H2,1-2H3. The molecule has 0 unspecified atom stereocenters. The van der Waals surface area contributed by atoms with Crippen LogP contribution in [0.2, 0.25) is 0 Å². The molecular formula is C14H18N4O. The van der Waals surface area contributed by atoms with Crippen molar-refractivity contribution in [1.82, 2.24) is 9.88 Å². The summed E-state index contributed by atoms with van der Waals surface area (Å²) in [6.07, 6.45) is 0.903. The lowest BCUT2D eigenvalue weighted by molar-refractivity contribution is -0.128. The number of pyridine rings is 1. The fraction of sp³-hybridized carbons (Fsp3) is 0.500. The second-order valence-corrected chi connectivity index (χ2v) is 4.78. The SMILES string of the molecule is CC(=O)N1CCCN(c2nc(C)ccc2C#N)CC1. The summed E-state index contributed by atoms with van der Waals surface area (Å²) in [4.78, 5) is 19.8. The van der Waals surface area contributed by atoms with Gasteiger partial charge in [-0.05, 0) is 25.5 Å². The van der Waals surface area contributed by atoms with Crippen LogP contribution in [0.5, 0.6) is 0 Å². The molecule has 5 nitrogen and oxygen atoms in total. The van der Waals surface area contributed by atoms with Gasteiger partial charge in [-0.2, -0.15) is 5.26 Å². The molecule has 0 N–H and O–H groups in total. The summed E-state index contributed by atoms with van der Waals surface area (Å²) in [6, 6.07) is 5.85. The van der Waals surface area contributed by atoms with Gasteiger partial charge in [0.2, 0.25) is 5.91 Å². The molecule has 0 bridgehead atoms. The molecule has 1 saturated heterocycles. The number of anilines is 1. The van der Waals surface area contributed by atoms with Gasteiger partial charge in [0, 0.05) is 38.8 Å². The van der Waals surface area contributed by atoms with Gasteiger partial charge in [-0.3, -0.25) is 4.79 Å². The summed E-state index contributed by atoms with van der Waals surface area (Å²) in [5, 5.41) is 9.17. The van der Waals surface area contributed by atoms with E-state index in [0.29, 0.717) is 12.1 Å². The van der Waals surface area contributed by atoms with E-state index in [2.05, 4.69) is 16.0 Å². The van der Waals surface area contributed by atoms with Crippen LogP contribution in [0.25, 0.3) is 0 Å². The van der Waals surface area contributed by atoms with Gasteiger partial charge in [0.25, 0.3) is 0 Å². The molecule has 5 heteroatoms. The van der Waals surface area contributed by atoms with Gasteiger partial charge >= 0.3 is 0 Å². The van der Waals surface area contributed by atoms with Gasteiger partial charge in [0.05, 0.1) is 5.56 Å². The number of hydrogen-bond acceptors (Lipinski definition) is 4. The molecule has 0 spiro atoms. The van der Waals surface area contributed by atoms with Crippen molar-refractivity contribution in [3.05, 3.63) is 23.4 Å². The molecule has 100 valence electrons. The maximum atomic E-state index is 11.4. The second kappa shape index (κ2) is 5.70. The molecule has 1 aliphatic rings. The molecule has 1 aliphatic heterocycles. The van der Waals surface area contributed by atoms with Gasteiger partial charge in [0.1, 0.15) is 11.9 Å². The summed E-state index contributed by atoms with van der Waals surface area (Å²) < 4.78 is 0. The van der Waals surface area contributed by atoms with Crippen molar-refractivity contribution in [1.29, 1.82) is 5.26 Å². The Morgan fingerprint density at radius 1 is 1.32 bits per heavy atom. The van der Waals surface area contributed by atoms with Crippen molar-refractivity contribution in [2.24, 2.45) is 0 Å². The van der Waals surface area contributed by atoms with Crippen LogP contribution in [0.4, 0.5) is 5.82 Å². The minimum absolute atomic E-state index is 0.111. The Morgan fingerprint density at radius 2 is 2.11 bits per heavy atom. The van der Waals surface area contributed by atoms with Crippen LogP contribution >= 0.6 is 0 Å². The zero-order chi connectivity index (χ0) is 13.8. The Kier molecular flexibility index (Phi) is 4.00. The van der Waals surface area contributed by atoms with Gasteiger partial charge in [-0.1, -0.05) is 0 Å². The van der Waals surface area contributed by atoms with Crippen molar-refractivity contribution in [3.63, 3.8) is 0 Å². The molecular weight excluding hydrogens is 240 g/mol. The predicted octanol–water partition coefficient (Wildman–Crippen LogP) is 1.32. The van der Waals surface area contributed by atoms with Crippen LogP contribution in [0.15, 0.2) is 12.1 Å². The van der Waals surface area contributed by atoms with Crippen LogP contribution < -0.4 is 4.90 Å². The molecule has 0 atom stereocenters. The summed E-state index contributed by atoms with van der Waals surface area (Å²) in [6.45, 7) is 6.54. The van der Waals surface area contributed by atoms with Crippen molar-refractivity contribution in [2.45, 2.75) is 20.3 Å². The van der Waals surface area contributed by atoms with Gasteiger partial charge in [-0.15, -0.1) is 0 Å². The lowest BCUT2D eigenvalue weighted by Gasteiger charge is -2.23. The predicted molar refractivity (Wildman–Crippen MR) is 72.8 cm³/mol. The highest BCUT2D eigenvalue weighted by molar-refractivity contribution is 5.73. The van der Waals surface area contributed by atoms with E-state index in [1.807, 2.05) is 24.0 Å². The molecule has 0 radical (unpaired) electrons. The average molecular weight is 258 g/mol. The van der Waals surface area contributed by atoms with Crippen molar-refractivity contribution >= 4 is 11.7 Å². The zero-order valence-corrected chi connectivity index (χ0v) is 11.4. The monoisotopic (exact) mass is 258 g/mol. The number of nitriles is 1. The number of hydrogen-bond donors (Lipinski definition) is 0. The van der Waals surface area contributed by atoms with E-state index in [4.69, 9.17) is 5.26 Å². The highest BCUT2D eigenvalue weighted by Crippen LogP contribution is 2.19. The molecule has 0 aliphatic carbocycles. The van der Waals surface area contributed by atoms with Gasteiger partial charge in [-0.25, -0.2) is 4.98 Å². The number of carbonyl (C=O) groups excluding carboxylic acids is 1. The third kappa shape index (κ3) is 3.02. The Hall–Kier alpha value is -2.09. The zero-order valence-electron chi connectivity index (χ0n) is 11.4. The average Bonchev–Trinajstić information content (AvgIpc) is 2.64. The molecule has 2 heterocycles. The fourth-order valence-corrected chi connectivity index (χ4v) is 2.32. The number of amides is 1. The summed E-state index contributed by atoms with van der Waals surface area (Å²) in [7, 11) is 0. The number of carbonyl (C=O) groups is 1. The first-order valence-electron chi connectivity index (χ1n) is 6.50. The number of nitrogens with zero attached hydrogens (tertiary/aromatic N) is 4. The summed E-state index contributed by atoms with van der Waals surface area (Å²) >= 11 is 0. The van der Waals surface area contributed by atoms with E-state index in [0.717, 1.165) is 37.6 Å². The maximum Gasteiger partial charge on any atom is 0.219 e. The Labute approximate surface area is 113 Å². The molecule has 1 amide bonds. The number of rotatable bonds is 1. The molecule has 1 aromatic heterocycles. The summed E-state index contributed by atoms with van der Waals surface area (Å²) in [5.41, 5.74) is 1.50. The smallest absolute Gasteiger partial charge is 0.219 e. The first kappa shape index (κ1) is 13.3. The Balaban J connectivity index is 2.21. The highest BCUT2D eigenvalue weighted by atomic mass is 16.2. The lowest BCUT2D eigenvalue weighted by Crippen LogP contribution is -2.34. The maximum absolute atomic E-state index is 11.4. The normalized spacial score (nSPS) is 15.8. The minimum Gasteiger partial charge on any atom is -0.354 e. The quantitative estimate of drug-likeness (QED) is 0.762. The van der Waals surface area contributed by atoms with Gasteiger partial charge < -0.3 is 9.80 Å². The van der Waals surface area contributed by atoms with Crippen LogP contribution in [0.1, 0.15) is 24.6 Å². The third-order valence-corrected chi connectivity index (χ3v) is 3.38. The van der Waals surface area contributed by atoms with E-state index in [9.17, 15) is 4.79 Å². The van der Waals surface area contributed by atoms with Crippen LogP contribution in [-0.2, 0) is 4.79 Å². The van der Waals surface area contributed by atoms with E-state index in [1.165, 1.54) is 0 Å². The molecule has 1 fully saturated rings. The minimum atomic E-state index is 0.111. The molecule has 0 saturated carbocycles. The first-order chi connectivity index (χ1) is 9.11. The molecule has 2 rings (SSSR count). The Morgan fingerprint density at radius 3 is 2.79 bits per heavy atom. The second-order valence-electron chi connectivity index (χ2n) is 4.78. The largest absolute Gasteiger partial charge is 0.354 e. The summed E-state index contributed by atoms with van der Waals surface area (Å²) in [5.74, 6) is 0.854. The van der Waals surface area contributed by atoms with E-state index in [1.54, 1.807) is 6.92 Å². The number of aromatic nitrogens is 1. The van der Waals surface area contributed by atoms with Crippen LogP contribution in [0.3, 0.4) is 0 Å². The number of aryl methyl sites for hydroxylation is 1.